The molecule has 2 aromatic carbocycles. The molecular weight excluding hydrogens is 612 g/mol. The highest BCUT2D eigenvalue weighted by Gasteiger charge is 2.38. The summed E-state index contributed by atoms with van der Waals surface area (Å²) in [7, 11) is 1.71. The first-order valence-corrected chi connectivity index (χ1v) is 17.4. The lowest BCUT2D eigenvalue weighted by molar-refractivity contribution is -0.132. The number of aromatic nitrogens is 4. The van der Waals surface area contributed by atoms with E-state index in [0.717, 1.165) is 83.8 Å². The van der Waals surface area contributed by atoms with Crippen LogP contribution in [0, 0.1) is 5.92 Å². The topological polar surface area (TPSA) is 110 Å². The van der Waals surface area contributed by atoms with Gasteiger partial charge in [0, 0.05) is 37.6 Å². The number of nitrogens with one attached hydrogen (secondary N) is 2. The number of carbonyl (C=O) groups excluding carboxylic acids is 1. The molecule has 0 aliphatic carbocycles. The number of hydrogen-bond acceptors (Lipinski definition) is 6. The Morgan fingerprint density at radius 3 is 2.32 bits per heavy atom. The molecule has 0 saturated carbocycles. The summed E-state index contributed by atoms with van der Waals surface area (Å²) in [6.07, 6.45) is 7.22. The Hall–Kier alpha value is -3.50. The summed E-state index contributed by atoms with van der Waals surface area (Å²) in [5.41, 5.74) is 5.84. The van der Waals surface area contributed by atoms with E-state index in [1.807, 2.05) is 18.0 Å². The standard InChI is InChI=1S/C37H47ClN6O3/c1-5-7-32(45)43-21-24(22-47-4)19-31(43)36-39-20-29(40-36)27-14-10-25(11-15-27)26-12-16-28(17-13-26)34-35(38)42-37(41-34)30-18-9-23(3)44(30)33(46)8-6-2/h10-17,20,23-24,30-31,33,46H,5-9,18-19,21-22H2,1-4H3,(H,39,40)(H,41,42). The van der Waals surface area contributed by atoms with Crippen molar-refractivity contribution in [2.24, 2.45) is 5.92 Å². The zero-order valence-corrected chi connectivity index (χ0v) is 28.6. The molecule has 2 saturated heterocycles. The summed E-state index contributed by atoms with van der Waals surface area (Å²) < 4.78 is 5.41. The van der Waals surface area contributed by atoms with Crippen LogP contribution in [0.2, 0.25) is 5.15 Å². The number of amides is 1. The van der Waals surface area contributed by atoms with Crippen LogP contribution in [0.4, 0.5) is 0 Å². The predicted molar refractivity (Wildman–Crippen MR) is 186 cm³/mol. The Labute approximate surface area is 282 Å². The zero-order valence-electron chi connectivity index (χ0n) is 27.9. The second kappa shape index (κ2) is 14.7. The molecule has 4 heterocycles. The molecule has 4 aromatic rings. The minimum atomic E-state index is -0.483. The van der Waals surface area contributed by atoms with Crippen molar-refractivity contribution in [1.82, 2.24) is 29.7 Å². The van der Waals surface area contributed by atoms with Gasteiger partial charge in [-0.3, -0.25) is 9.69 Å². The van der Waals surface area contributed by atoms with Crippen LogP contribution in [0.15, 0.2) is 54.7 Å². The fourth-order valence-electron chi connectivity index (χ4n) is 7.40. The van der Waals surface area contributed by atoms with Crippen LogP contribution in [-0.4, -0.2) is 73.3 Å². The number of likely N-dealkylation sites (tertiary alicyclic amines) is 2. The SMILES string of the molecule is CCCC(=O)N1CC(COC)CC1c1ncc(-c2ccc(-c3ccc(-c4nc(C5CCC(C)N5C(O)CCC)[nH]c4Cl)cc3)cc2)[nH]1. The van der Waals surface area contributed by atoms with Crippen molar-refractivity contribution in [3.63, 3.8) is 0 Å². The summed E-state index contributed by atoms with van der Waals surface area (Å²) in [5, 5.41) is 11.3. The van der Waals surface area contributed by atoms with Crippen LogP contribution in [0.5, 0.6) is 0 Å². The molecule has 2 aliphatic heterocycles. The van der Waals surface area contributed by atoms with E-state index in [-0.39, 0.29) is 18.0 Å². The Kier molecular flexibility index (Phi) is 10.5. The molecule has 2 aliphatic rings. The Balaban J connectivity index is 1.15. The van der Waals surface area contributed by atoms with Gasteiger partial charge in [0.25, 0.3) is 0 Å². The van der Waals surface area contributed by atoms with Crippen molar-refractivity contribution in [2.75, 3.05) is 20.3 Å². The van der Waals surface area contributed by atoms with Crippen LogP contribution in [0.1, 0.15) is 89.4 Å². The number of imidazole rings is 2. The van der Waals surface area contributed by atoms with Crippen LogP contribution in [0.25, 0.3) is 33.6 Å². The highest BCUT2D eigenvalue weighted by atomic mass is 35.5. The second-order valence-electron chi connectivity index (χ2n) is 13.1. The molecule has 9 nitrogen and oxygen atoms in total. The van der Waals surface area contributed by atoms with Gasteiger partial charge in [-0.05, 0) is 55.7 Å². The number of aromatic amines is 2. The van der Waals surface area contributed by atoms with E-state index in [2.05, 4.69) is 77.2 Å². The number of ether oxygens (including phenoxy) is 1. The molecule has 0 radical (unpaired) electrons. The number of H-pyrrole nitrogens is 2. The average molecular weight is 659 g/mol. The van der Waals surface area contributed by atoms with Crippen molar-refractivity contribution in [2.45, 2.75) is 90.1 Å². The van der Waals surface area contributed by atoms with Gasteiger partial charge in [-0.1, -0.05) is 80.4 Å². The Morgan fingerprint density at radius 1 is 0.979 bits per heavy atom. The quantitative estimate of drug-likeness (QED) is 0.143. The summed E-state index contributed by atoms with van der Waals surface area (Å²) in [4.78, 5) is 33.5. The number of aliphatic hydroxyl groups is 1. The number of nitrogens with zero attached hydrogens (tertiary/aromatic N) is 4. The second-order valence-corrected chi connectivity index (χ2v) is 13.5. The number of rotatable bonds is 12. The van der Waals surface area contributed by atoms with E-state index in [1.165, 1.54) is 0 Å². The van der Waals surface area contributed by atoms with Gasteiger partial charge in [0.15, 0.2) is 0 Å². The van der Waals surface area contributed by atoms with Crippen molar-refractivity contribution >= 4 is 17.5 Å². The predicted octanol–water partition coefficient (Wildman–Crippen LogP) is 7.77. The van der Waals surface area contributed by atoms with Gasteiger partial charge in [0.05, 0.1) is 30.6 Å². The third-order valence-electron chi connectivity index (χ3n) is 9.78. The van der Waals surface area contributed by atoms with Crippen LogP contribution in [0.3, 0.4) is 0 Å². The normalized spacial score (nSPS) is 22.3. The minimum Gasteiger partial charge on any atom is -0.384 e. The van der Waals surface area contributed by atoms with E-state index in [9.17, 15) is 9.90 Å². The molecule has 47 heavy (non-hydrogen) atoms. The maximum Gasteiger partial charge on any atom is 0.223 e. The fourth-order valence-corrected chi connectivity index (χ4v) is 7.64. The third-order valence-corrected chi connectivity index (χ3v) is 10.1. The van der Waals surface area contributed by atoms with Crippen LogP contribution >= 0.6 is 11.6 Å². The molecule has 10 heteroatoms. The lowest BCUT2D eigenvalue weighted by Gasteiger charge is -2.31. The molecule has 0 bridgehead atoms. The van der Waals surface area contributed by atoms with E-state index in [0.29, 0.717) is 36.7 Å². The van der Waals surface area contributed by atoms with Gasteiger partial charge in [0.1, 0.15) is 28.7 Å². The van der Waals surface area contributed by atoms with E-state index < -0.39 is 6.23 Å². The van der Waals surface area contributed by atoms with Gasteiger partial charge in [-0.2, -0.15) is 0 Å². The summed E-state index contributed by atoms with van der Waals surface area (Å²) in [6.45, 7) is 7.64. The smallest absolute Gasteiger partial charge is 0.223 e. The first kappa shape index (κ1) is 33.4. The molecule has 2 aromatic heterocycles. The summed E-state index contributed by atoms with van der Waals surface area (Å²) in [6, 6.07) is 17.0. The van der Waals surface area contributed by atoms with Gasteiger partial charge in [0.2, 0.25) is 5.91 Å². The van der Waals surface area contributed by atoms with Gasteiger partial charge < -0.3 is 24.7 Å². The number of carbonyl (C=O) groups is 1. The van der Waals surface area contributed by atoms with Crippen molar-refractivity contribution < 1.29 is 14.6 Å². The van der Waals surface area contributed by atoms with Gasteiger partial charge in [-0.15, -0.1) is 0 Å². The zero-order chi connectivity index (χ0) is 33.1. The lowest BCUT2D eigenvalue weighted by atomic mass is 10.0. The Morgan fingerprint density at radius 2 is 1.66 bits per heavy atom. The molecular formula is C37H47ClN6O3. The van der Waals surface area contributed by atoms with Crippen molar-refractivity contribution in [1.29, 1.82) is 0 Å². The minimum absolute atomic E-state index is 0.0229. The van der Waals surface area contributed by atoms with Gasteiger partial charge in [-0.25, -0.2) is 9.97 Å². The van der Waals surface area contributed by atoms with Crippen LogP contribution in [-0.2, 0) is 9.53 Å². The van der Waals surface area contributed by atoms with Crippen LogP contribution < -0.4 is 0 Å². The van der Waals surface area contributed by atoms with Crippen molar-refractivity contribution in [3.8, 4) is 33.6 Å². The van der Waals surface area contributed by atoms with Gasteiger partial charge >= 0.3 is 0 Å². The molecule has 250 valence electrons. The third kappa shape index (κ3) is 7.04. The number of benzene rings is 2. The first-order valence-electron chi connectivity index (χ1n) is 17.1. The molecule has 0 spiro atoms. The first-order chi connectivity index (χ1) is 22.8. The highest BCUT2D eigenvalue weighted by molar-refractivity contribution is 6.31. The summed E-state index contributed by atoms with van der Waals surface area (Å²) >= 11 is 6.68. The van der Waals surface area contributed by atoms with E-state index in [4.69, 9.17) is 26.3 Å². The Bertz CT molecular complexity index is 1630. The summed E-state index contributed by atoms with van der Waals surface area (Å²) in [5.74, 6) is 2.13. The molecule has 6 rings (SSSR count). The maximum absolute atomic E-state index is 12.9. The molecule has 1 amide bonds. The number of halogens is 1. The molecule has 5 unspecified atom stereocenters. The molecule has 3 N–H and O–H groups in total. The largest absolute Gasteiger partial charge is 0.384 e. The number of aliphatic hydroxyl groups excluding tert-OH is 1. The number of hydrogen-bond donors (Lipinski definition) is 3. The monoisotopic (exact) mass is 658 g/mol. The fraction of sp³-hybridized carbons (Fsp3) is 0.486. The van der Waals surface area contributed by atoms with E-state index in [1.54, 1.807) is 7.11 Å². The van der Waals surface area contributed by atoms with E-state index >= 15 is 0 Å². The number of methoxy groups -OCH3 is 1. The molecule has 5 atom stereocenters. The lowest BCUT2D eigenvalue weighted by Crippen LogP contribution is -2.39. The van der Waals surface area contributed by atoms with Crippen molar-refractivity contribution in [3.05, 3.63) is 71.5 Å². The average Bonchev–Trinajstić information content (AvgIpc) is 3.88. The molecule has 2 fully saturated rings. The maximum atomic E-state index is 12.9. The highest BCUT2D eigenvalue weighted by Crippen LogP contribution is 2.40.